The highest BCUT2D eigenvalue weighted by molar-refractivity contribution is 7.89. The molecule has 0 fully saturated rings. The van der Waals surface area contributed by atoms with Crippen LogP contribution in [0.4, 0.5) is 0 Å². The molecule has 0 saturated carbocycles. The van der Waals surface area contributed by atoms with Crippen molar-refractivity contribution in [3.05, 3.63) is 28.3 Å². The lowest BCUT2D eigenvalue weighted by Crippen LogP contribution is -2.13. The third-order valence-electron chi connectivity index (χ3n) is 2.30. The summed E-state index contributed by atoms with van der Waals surface area (Å²) in [5.74, 6) is -0.586. The molecule has 0 saturated heterocycles. The summed E-state index contributed by atoms with van der Waals surface area (Å²) in [5, 5.41) is 0.0675. The molecule has 0 bridgehead atoms. The first kappa shape index (κ1) is 11.4. The molecule has 1 aliphatic rings. The number of hydrogen-bond acceptors (Lipinski definition) is 4. The van der Waals surface area contributed by atoms with Gasteiger partial charge in [0.05, 0.1) is 22.6 Å². The lowest BCUT2D eigenvalue weighted by atomic mass is 10.1. The first-order valence-electron chi connectivity index (χ1n) is 4.36. The van der Waals surface area contributed by atoms with E-state index in [0.717, 1.165) is 0 Å². The van der Waals surface area contributed by atoms with Crippen LogP contribution >= 0.6 is 11.6 Å². The summed E-state index contributed by atoms with van der Waals surface area (Å²) in [7, 11) is -2.23. The largest absolute Gasteiger partial charge is 0.465 e. The number of carbonyl (C=O) groups excluding carboxylic acids is 1. The lowest BCUT2D eigenvalue weighted by Gasteiger charge is -2.04. The fourth-order valence-corrected chi connectivity index (χ4v) is 3.06. The molecule has 7 heteroatoms. The van der Waals surface area contributed by atoms with E-state index in [1.807, 2.05) is 0 Å². The highest BCUT2D eigenvalue weighted by Gasteiger charge is 2.28. The van der Waals surface area contributed by atoms with E-state index in [2.05, 4.69) is 9.46 Å². The van der Waals surface area contributed by atoms with Crippen molar-refractivity contribution in [1.29, 1.82) is 0 Å². The minimum Gasteiger partial charge on any atom is -0.465 e. The van der Waals surface area contributed by atoms with Crippen LogP contribution in [-0.2, 0) is 21.3 Å². The average molecular weight is 262 g/mol. The number of carbonyl (C=O) groups is 1. The molecule has 1 aromatic rings. The predicted octanol–water partition coefficient (Wildman–Crippen LogP) is 0.919. The van der Waals surface area contributed by atoms with Crippen LogP contribution in [0.2, 0.25) is 5.02 Å². The minimum absolute atomic E-state index is 0.0675. The molecule has 0 atom stereocenters. The Morgan fingerprint density at radius 2 is 2.19 bits per heavy atom. The highest BCUT2D eigenvalue weighted by atomic mass is 35.5. The second-order valence-electron chi connectivity index (χ2n) is 3.26. The zero-order valence-electron chi connectivity index (χ0n) is 8.28. The standard InChI is InChI=1S/C9H8ClNO4S/c1-15-9(12)6-2-5-4-11-16(13,14)8(5)3-7(6)10/h2-3,11H,4H2,1H3. The maximum Gasteiger partial charge on any atom is 0.339 e. The Kier molecular flexibility index (Phi) is 2.65. The number of nitrogens with one attached hydrogen (secondary N) is 1. The molecule has 0 unspecified atom stereocenters. The second-order valence-corrected chi connectivity index (χ2v) is 5.40. The van der Waals surface area contributed by atoms with E-state index in [9.17, 15) is 13.2 Å². The van der Waals surface area contributed by atoms with Gasteiger partial charge in [0.25, 0.3) is 0 Å². The molecule has 5 nitrogen and oxygen atoms in total. The van der Waals surface area contributed by atoms with Crippen LogP contribution in [0.3, 0.4) is 0 Å². The number of rotatable bonds is 1. The van der Waals surface area contributed by atoms with Gasteiger partial charge in [-0.25, -0.2) is 17.9 Å². The third-order valence-corrected chi connectivity index (χ3v) is 4.09. The van der Waals surface area contributed by atoms with Crippen molar-refractivity contribution in [3.8, 4) is 0 Å². The first-order chi connectivity index (χ1) is 7.45. The van der Waals surface area contributed by atoms with Crippen molar-refractivity contribution in [3.63, 3.8) is 0 Å². The van der Waals surface area contributed by atoms with Crippen molar-refractivity contribution in [2.75, 3.05) is 7.11 Å². The summed E-state index contributed by atoms with van der Waals surface area (Å²) in [6, 6.07) is 2.69. The summed E-state index contributed by atoms with van der Waals surface area (Å²) in [6.07, 6.45) is 0. The number of halogens is 1. The predicted molar refractivity (Wildman–Crippen MR) is 56.8 cm³/mol. The Hall–Kier alpha value is -1.11. The maximum absolute atomic E-state index is 11.5. The van der Waals surface area contributed by atoms with Crippen LogP contribution in [0, 0.1) is 0 Å². The number of methoxy groups -OCH3 is 1. The lowest BCUT2D eigenvalue weighted by molar-refractivity contribution is 0.0600. The number of hydrogen-bond donors (Lipinski definition) is 1. The summed E-state index contributed by atoms with van der Waals surface area (Å²) in [4.78, 5) is 11.4. The van der Waals surface area contributed by atoms with Crippen molar-refractivity contribution < 1.29 is 17.9 Å². The van der Waals surface area contributed by atoms with E-state index in [4.69, 9.17) is 11.6 Å². The van der Waals surface area contributed by atoms with Crippen molar-refractivity contribution >= 4 is 27.6 Å². The van der Waals surface area contributed by atoms with Crippen LogP contribution in [0.1, 0.15) is 15.9 Å². The quantitative estimate of drug-likeness (QED) is 0.763. The SMILES string of the molecule is COC(=O)c1cc2c(cc1Cl)S(=O)(=O)NC2. The van der Waals surface area contributed by atoms with E-state index >= 15 is 0 Å². The van der Waals surface area contributed by atoms with Crippen molar-refractivity contribution in [2.45, 2.75) is 11.4 Å². The molecule has 1 heterocycles. The third kappa shape index (κ3) is 1.68. The van der Waals surface area contributed by atoms with Gasteiger partial charge >= 0.3 is 5.97 Å². The van der Waals surface area contributed by atoms with E-state index in [-0.39, 0.29) is 22.0 Å². The van der Waals surface area contributed by atoms with E-state index in [1.165, 1.54) is 19.2 Å². The Morgan fingerprint density at radius 1 is 1.50 bits per heavy atom. The molecule has 1 aliphatic heterocycles. The topological polar surface area (TPSA) is 72.5 Å². The van der Waals surface area contributed by atoms with Gasteiger partial charge in [0.1, 0.15) is 0 Å². The molecule has 0 amide bonds. The smallest absolute Gasteiger partial charge is 0.339 e. The summed E-state index contributed by atoms with van der Waals surface area (Å²) < 4.78 is 29.8. The zero-order valence-corrected chi connectivity index (χ0v) is 9.85. The monoisotopic (exact) mass is 261 g/mol. The Labute approximate surface area is 97.4 Å². The van der Waals surface area contributed by atoms with Crippen LogP contribution in [0.15, 0.2) is 17.0 Å². The van der Waals surface area contributed by atoms with Gasteiger partial charge in [-0.05, 0) is 17.7 Å². The fraction of sp³-hybridized carbons (Fsp3) is 0.222. The molecule has 16 heavy (non-hydrogen) atoms. The molecule has 0 spiro atoms. The summed E-state index contributed by atoms with van der Waals surface area (Å²) >= 11 is 5.82. The number of esters is 1. The van der Waals surface area contributed by atoms with Gasteiger partial charge < -0.3 is 4.74 Å². The minimum atomic E-state index is -3.46. The van der Waals surface area contributed by atoms with Gasteiger partial charge in [0.2, 0.25) is 10.0 Å². The van der Waals surface area contributed by atoms with Gasteiger partial charge in [-0.2, -0.15) is 0 Å². The first-order valence-corrected chi connectivity index (χ1v) is 6.22. The van der Waals surface area contributed by atoms with Crippen molar-refractivity contribution in [1.82, 2.24) is 4.72 Å². The van der Waals surface area contributed by atoms with Crippen molar-refractivity contribution in [2.24, 2.45) is 0 Å². The molecule has 1 N–H and O–H groups in total. The van der Waals surface area contributed by atoms with Gasteiger partial charge in [-0.3, -0.25) is 0 Å². The Bertz CT molecular complexity index is 567. The average Bonchev–Trinajstić information content (AvgIpc) is 2.53. The maximum atomic E-state index is 11.5. The molecule has 0 aliphatic carbocycles. The molecular weight excluding hydrogens is 254 g/mol. The van der Waals surface area contributed by atoms with Crippen LogP contribution in [0.25, 0.3) is 0 Å². The molecule has 2 rings (SSSR count). The molecular formula is C9H8ClNO4S. The number of sulfonamides is 1. The zero-order chi connectivity index (χ0) is 11.9. The number of ether oxygens (including phenoxy) is 1. The van der Waals surface area contributed by atoms with Crippen LogP contribution in [-0.4, -0.2) is 21.5 Å². The van der Waals surface area contributed by atoms with E-state index < -0.39 is 16.0 Å². The second kappa shape index (κ2) is 3.73. The van der Waals surface area contributed by atoms with Gasteiger partial charge in [0, 0.05) is 6.54 Å². The van der Waals surface area contributed by atoms with E-state index in [1.54, 1.807) is 0 Å². The molecule has 0 radical (unpaired) electrons. The van der Waals surface area contributed by atoms with Gasteiger partial charge in [-0.15, -0.1) is 0 Å². The molecule has 1 aromatic carbocycles. The fourth-order valence-electron chi connectivity index (χ4n) is 1.51. The van der Waals surface area contributed by atoms with E-state index in [0.29, 0.717) is 5.56 Å². The number of benzene rings is 1. The molecule has 0 aromatic heterocycles. The van der Waals surface area contributed by atoms with Crippen LogP contribution < -0.4 is 4.72 Å². The van der Waals surface area contributed by atoms with Gasteiger partial charge in [0.15, 0.2) is 0 Å². The van der Waals surface area contributed by atoms with Crippen LogP contribution in [0.5, 0.6) is 0 Å². The summed E-state index contributed by atoms with van der Waals surface area (Å²) in [6.45, 7) is 0.166. The summed E-state index contributed by atoms with van der Waals surface area (Å²) in [5.41, 5.74) is 0.687. The molecule has 86 valence electrons. The highest BCUT2D eigenvalue weighted by Crippen LogP contribution is 2.29. The Morgan fingerprint density at radius 3 is 2.81 bits per heavy atom. The Balaban J connectivity index is 2.62. The van der Waals surface area contributed by atoms with Gasteiger partial charge in [-0.1, -0.05) is 11.6 Å². The normalized spacial score (nSPS) is 16.9. The number of fused-ring (bicyclic) bond motifs is 1.